The third-order valence-corrected chi connectivity index (χ3v) is 3.74. The van der Waals surface area contributed by atoms with Crippen LogP contribution in [0.3, 0.4) is 0 Å². The number of benzene rings is 1. The van der Waals surface area contributed by atoms with Crippen molar-refractivity contribution >= 4 is 12.1 Å². The first kappa shape index (κ1) is 18.0. The summed E-state index contributed by atoms with van der Waals surface area (Å²) in [5, 5.41) is 0. The molecule has 0 aliphatic carbocycles. The van der Waals surface area contributed by atoms with Gasteiger partial charge in [-0.1, -0.05) is 36.4 Å². The van der Waals surface area contributed by atoms with E-state index in [4.69, 9.17) is 14.2 Å². The quantitative estimate of drug-likeness (QED) is 0.567. The van der Waals surface area contributed by atoms with Crippen molar-refractivity contribution in [1.29, 1.82) is 0 Å². The molecule has 0 N–H and O–H groups in total. The molecule has 1 saturated heterocycles. The molecule has 1 fully saturated rings. The second-order valence-corrected chi connectivity index (χ2v) is 5.63. The van der Waals surface area contributed by atoms with E-state index in [-0.39, 0.29) is 31.3 Å². The Morgan fingerprint density at radius 1 is 1.29 bits per heavy atom. The Kier molecular flexibility index (Phi) is 6.81. The summed E-state index contributed by atoms with van der Waals surface area (Å²) in [6.07, 6.45) is 1.72. The molecule has 1 aliphatic heterocycles. The van der Waals surface area contributed by atoms with Gasteiger partial charge in [-0.2, -0.15) is 0 Å². The number of carbonyl (C=O) groups is 2. The average molecular weight is 333 g/mol. The molecule has 6 nitrogen and oxygen atoms in total. The van der Waals surface area contributed by atoms with Crippen LogP contribution in [-0.2, 0) is 25.6 Å². The summed E-state index contributed by atoms with van der Waals surface area (Å²) < 4.78 is 16.1. The Morgan fingerprint density at radius 2 is 2.04 bits per heavy atom. The molecule has 1 aliphatic rings. The fraction of sp³-hybridized carbons (Fsp3) is 0.444. The summed E-state index contributed by atoms with van der Waals surface area (Å²) in [7, 11) is 0. The van der Waals surface area contributed by atoms with E-state index in [1.807, 2.05) is 30.3 Å². The van der Waals surface area contributed by atoms with Gasteiger partial charge in [0.1, 0.15) is 13.2 Å². The first-order valence-corrected chi connectivity index (χ1v) is 7.93. The smallest absolute Gasteiger partial charge is 0.410 e. The predicted molar refractivity (Wildman–Crippen MR) is 88.3 cm³/mol. The van der Waals surface area contributed by atoms with E-state index in [0.717, 1.165) is 5.56 Å². The van der Waals surface area contributed by atoms with E-state index < -0.39 is 6.09 Å². The van der Waals surface area contributed by atoms with E-state index in [1.165, 1.54) is 6.92 Å². The number of carbonyl (C=O) groups excluding carboxylic acids is 2. The summed E-state index contributed by atoms with van der Waals surface area (Å²) in [5.41, 5.74) is 0.918. The zero-order valence-electron chi connectivity index (χ0n) is 13.8. The van der Waals surface area contributed by atoms with Gasteiger partial charge in [0.25, 0.3) is 0 Å². The average Bonchev–Trinajstić information content (AvgIpc) is 3.00. The molecule has 0 aromatic heterocycles. The first-order valence-electron chi connectivity index (χ1n) is 7.93. The van der Waals surface area contributed by atoms with Crippen LogP contribution in [0.4, 0.5) is 4.79 Å². The molecule has 6 heteroatoms. The second-order valence-electron chi connectivity index (χ2n) is 5.63. The molecule has 0 radical (unpaired) electrons. The molecule has 1 heterocycles. The van der Waals surface area contributed by atoms with Crippen molar-refractivity contribution in [2.75, 3.05) is 19.8 Å². The van der Waals surface area contributed by atoms with Crippen molar-refractivity contribution in [2.24, 2.45) is 0 Å². The van der Waals surface area contributed by atoms with Crippen LogP contribution < -0.4 is 0 Å². The fourth-order valence-corrected chi connectivity index (χ4v) is 2.60. The summed E-state index contributed by atoms with van der Waals surface area (Å²) in [6, 6.07) is 9.23. The molecule has 2 rings (SSSR count). The lowest BCUT2D eigenvalue weighted by Crippen LogP contribution is -2.39. The van der Waals surface area contributed by atoms with Gasteiger partial charge in [0.05, 0.1) is 25.3 Å². The van der Waals surface area contributed by atoms with Crippen molar-refractivity contribution in [1.82, 2.24) is 4.90 Å². The van der Waals surface area contributed by atoms with Crippen LogP contribution in [0.1, 0.15) is 18.9 Å². The van der Waals surface area contributed by atoms with Gasteiger partial charge in [-0.05, 0) is 12.0 Å². The molecule has 1 amide bonds. The molecule has 0 saturated carbocycles. The zero-order chi connectivity index (χ0) is 17.4. The van der Waals surface area contributed by atoms with Gasteiger partial charge in [-0.25, -0.2) is 4.79 Å². The summed E-state index contributed by atoms with van der Waals surface area (Å²) in [4.78, 5) is 25.0. The van der Waals surface area contributed by atoms with E-state index in [9.17, 15) is 9.59 Å². The number of esters is 1. The molecule has 1 aromatic rings. The number of likely N-dealkylation sites (tertiary alicyclic amines) is 1. The molecular formula is C18H23NO5. The highest BCUT2D eigenvalue weighted by atomic mass is 16.6. The Balaban J connectivity index is 1.92. The van der Waals surface area contributed by atoms with Crippen molar-refractivity contribution in [2.45, 2.75) is 32.1 Å². The molecule has 2 atom stereocenters. The fourth-order valence-electron chi connectivity index (χ4n) is 2.60. The van der Waals surface area contributed by atoms with Crippen molar-refractivity contribution in [3.05, 3.63) is 48.6 Å². The Hall–Kier alpha value is -2.34. The lowest BCUT2D eigenvalue weighted by molar-refractivity contribution is -0.142. The summed E-state index contributed by atoms with van der Waals surface area (Å²) in [6.45, 7) is 6.13. The van der Waals surface area contributed by atoms with Crippen LogP contribution in [0, 0.1) is 0 Å². The minimum Gasteiger partial charge on any atom is -0.464 e. The van der Waals surface area contributed by atoms with Crippen LogP contribution in [0.15, 0.2) is 43.0 Å². The Bertz CT molecular complexity index is 560. The molecule has 0 bridgehead atoms. The zero-order valence-corrected chi connectivity index (χ0v) is 13.8. The topological polar surface area (TPSA) is 65.1 Å². The Morgan fingerprint density at radius 3 is 2.71 bits per heavy atom. The maximum Gasteiger partial charge on any atom is 0.410 e. The van der Waals surface area contributed by atoms with Gasteiger partial charge < -0.3 is 14.2 Å². The first-order chi connectivity index (χ1) is 11.6. The number of hydrogen-bond donors (Lipinski definition) is 0. The lowest BCUT2D eigenvalue weighted by Gasteiger charge is -2.23. The van der Waals surface area contributed by atoms with E-state index in [2.05, 4.69) is 6.58 Å². The van der Waals surface area contributed by atoms with Crippen LogP contribution >= 0.6 is 0 Å². The predicted octanol–water partition coefficient (Wildman–Crippen LogP) is 2.53. The van der Waals surface area contributed by atoms with Crippen molar-refractivity contribution in [3.63, 3.8) is 0 Å². The van der Waals surface area contributed by atoms with Gasteiger partial charge in [-0.3, -0.25) is 9.69 Å². The molecule has 24 heavy (non-hydrogen) atoms. The Labute approximate surface area is 142 Å². The van der Waals surface area contributed by atoms with E-state index in [1.54, 1.807) is 11.0 Å². The van der Waals surface area contributed by atoms with Gasteiger partial charge in [0.2, 0.25) is 0 Å². The van der Waals surface area contributed by atoms with Gasteiger partial charge in [-0.15, -0.1) is 6.58 Å². The maximum atomic E-state index is 12.4. The van der Waals surface area contributed by atoms with Crippen LogP contribution in [0.2, 0.25) is 0 Å². The molecule has 1 aromatic carbocycles. The minimum atomic E-state index is -0.430. The SMILES string of the molecule is C=CCO[C@H]1C[C@@H](COC(C)=O)N(C(=O)OCc2ccccc2)C1. The normalized spacial score (nSPS) is 19.8. The summed E-state index contributed by atoms with van der Waals surface area (Å²) >= 11 is 0. The van der Waals surface area contributed by atoms with Crippen molar-refractivity contribution < 1.29 is 23.8 Å². The van der Waals surface area contributed by atoms with Crippen molar-refractivity contribution in [3.8, 4) is 0 Å². The highest BCUT2D eigenvalue weighted by molar-refractivity contribution is 5.69. The number of rotatable bonds is 7. The third-order valence-electron chi connectivity index (χ3n) is 3.74. The lowest BCUT2D eigenvalue weighted by atomic mass is 10.2. The van der Waals surface area contributed by atoms with E-state index in [0.29, 0.717) is 19.6 Å². The minimum absolute atomic E-state index is 0.118. The van der Waals surface area contributed by atoms with Crippen LogP contribution in [0.5, 0.6) is 0 Å². The van der Waals surface area contributed by atoms with Gasteiger partial charge in [0, 0.05) is 6.92 Å². The van der Waals surface area contributed by atoms with E-state index >= 15 is 0 Å². The molecular weight excluding hydrogens is 310 g/mol. The molecule has 0 spiro atoms. The second kappa shape index (κ2) is 9.08. The van der Waals surface area contributed by atoms with Crippen LogP contribution in [-0.4, -0.2) is 48.9 Å². The van der Waals surface area contributed by atoms with Gasteiger partial charge >= 0.3 is 12.1 Å². The van der Waals surface area contributed by atoms with Gasteiger partial charge in [0.15, 0.2) is 0 Å². The highest BCUT2D eigenvalue weighted by Gasteiger charge is 2.37. The standard InChI is InChI=1S/C18H23NO5/c1-3-9-22-17-10-16(13-23-14(2)20)19(11-17)18(21)24-12-15-7-5-4-6-8-15/h3-8,16-17H,1,9-13H2,2H3/t16-,17-/m0/s1. The maximum absolute atomic E-state index is 12.4. The largest absolute Gasteiger partial charge is 0.464 e. The molecule has 130 valence electrons. The number of ether oxygens (including phenoxy) is 3. The number of nitrogens with zero attached hydrogens (tertiary/aromatic N) is 1. The monoisotopic (exact) mass is 333 g/mol. The third kappa shape index (κ3) is 5.38. The molecule has 0 unspecified atom stereocenters. The highest BCUT2D eigenvalue weighted by Crippen LogP contribution is 2.22. The number of amides is 1. The summed E-state index contributed by atoms with van der Waals surface area (Å²) in [5.74, 6) is -0.372. The number of hydrogen-bond acceptors (Lipinski definition) is 5. The van der Waals surface area contributed by atoms with Crippen LogP contribution in [0.25, 0.3) is 0 Å².